The normalized spacial score (nSPS) is 14.6. The summed E-state index contributed by atoms with van der Waals surface area (Å²) < 4.78 is 7.02. The minimum atomic E-state index is -0.272. The number of piperazine rings is 1. The number of halogens is 2. The maximum Gasteiger partial charge on any atom is 0.271 e. The van der Waals surface area contributed by atoms with Gasteiger partial charge in [0.05, 0.1) is 22.3 Å². The molecule has 0 amide bonds. The van der Waals surface area contributed by atoms with Crippen LogP contribution in [-0.4, -0.2) is 64.0 Å². The van der Waals surface area contributed by atoms with Crippen LogP contribution in [0.4, 0.5) is 5.95 Å². The molecule has 1 aliphatic rings. The molecule has 3 heterocycles. The molecule has 0 atom stereocenters. The first-order chi connectivity index (χ1) is 15.1. The first-order valence-corrected chi connectivity index (χ1v) is 10.8. The maximum absolute atomic E-state index is 12.2. The van der Waals surface area contributed by atoms with Crippen LogP contribution in [0.25, 0.3) is 5.69 Å². The second-order valence-corrected chi connectivity index (χ2v) is 7.91. The van der Waals surface area contributed by atoms with E-state index in [0.717, 1.165) is 45.1 Å². The third kappa shape index (κ3) is 5.52. The molecule has 8 nitrogen and oxygen atoms in total. The van der Waals surface area contributed by atoms with Crippen molar-refractivity contribution in [3.05, 3.63) is 69.2 Å². The highest BCUT2D eigenvalue weighted by molar-refractivity contribution is 6.42. The zero-order valence-electron chi connectivity index (χ0n) is 16.8. The van der Waals surface area contributed by atoms with Crippen LogP contribution in [0.15, 0.2) is 53.6 Å². The molecular formula is C21H22Cl2N6O2. The van der Waals surface area contributed by atoms with Gasteiger partial charge < -0.3 is 9.64 Å². The van der Waals surface area contributed by atoms with Gasteiger partial charge in [0.15, 0.2) is 0 Å². The fourth-order valence-electron chi connectivity index (χ4n) is 3.36. The number of benzene rings is 1. The highest BCUT2D eigenvalue weighted by Gasteiger charge is 2.18. The van der Waals surface area contributed by atoms with E-state index in [-0.39, 0.29) is 5.56 Å². The molecular weight excluding hydrogens is 439 g/mol. The minimum Gasteiger partial charge on any atom is -0.477 e. The van der Waals surface area contributed by atoms with Crippen LogP contribution in [0.2, 0.25) is 10.0 Å². The Bertz CT molecular complexity index is 1070. The van der Waals surface area contributed by atoms with Crippen LogP contribution in [0.5, 0.6) is 5.88 Å². The first kappa shape index (κ1) is 21.5. The number of rotatable bonds is 7. The number of anilines is 1. The number of aromatic nitrogens is 4. The standard InChI is InChI=1S/C21H22Cl2N6O2/c22-17-4-3-16(15-18(17)23)29-20(30)6-5-19(26-29)31-14-2-9-27-10-12-28(13-11-27)21-24-7-1-8-25-21/h1,3-8,15H,2,9-14H2. The largest absolute Gasteiger partial charge is 0.477 e. The molecule has 162 valence electrons. The van der Waals surface area contributed by atoms with Crippen molar-refractivity contribution in [1.82, 2.24) is 24.6 Å². The third-order valence-corrected chi connectivity index (χ3v) is 5.74. The van der Waals surface area contributed by atoms with Crippen LogP contribution in [0, 0.1) is 0 Å². The Balaban J connectivity index is 1.26. The minimum absolute atomic E-state index is 0.272. The van der Waals surface area contributed by atoms with E-state index >= 15 is 0 Å². The van der Waals surface area contributed by atoms with Gasteiger partial charge in [-0.1, -0.05) is 23.2 Å². The monoisotopic (exact) mass is 460 g/mol. The average molecular weight is 461 g/mol. The molecule has 1 aromatic carbocycles. The molecule has 1 aliphatic heterocycles. The van der Waals surface area contributed by atoms with Crippen LogP contribution < -0.4 is 15.2 Å². The van der Waals surface area contributed by atoms with Gasteiger partial charge in [0.25, 0.3) is 5.56 Å². The van der Waals surface area contributed by atoms with E-state index in [4.69, 9.17) is 27.9 Å². The van der Waals surface area contributed by atoms with Gasteiger partial charge in [-0.15, -0.1) is 5.10 Å². The second-order valence-electron chi connectivity index (χ2n) is 7.10. The number of hydrogen-bond donors (Lipinski definition) is 0. The highest BCUT2D eigenvalue weighted by Crippen LogP contribution is 2.23. The summed E-state index contributed by atoms with van der Waals surface area (Å²) in [7, 11) is 0. The lowest BCUT2D eigenvalue weighted by atomic mass is 10.3. The molecule has 0 radical (unpaired) electrons. The summed E-state index contributed by atoms with van der Waals surface area (Å²) in [6.07, 6.45) is 4.39. The van der Waals surface area contributed by atoms with Crippen molar-refractivity contribution in [2.24, 2.45) is 0 Å². The zero-order valence-corrected chi connectivity index (χ0v) is 18.3. The third-order valence-electron chi connectivity index (χ3n) is 5.00. The number of ether oxygens (including phenoxy) is 1. The van der Waals surface area contributed by atoms with E-state index in [1.54, 1.807) is 36.7 Å². The van der Waals surface area contributed by atoms with Gasteiger partial charge in [-0.2, -0.15) is 4.68 Å². The lowest BCUT2D eigenvalue weighted by Gasteiger charge is -2.34. The molecule has 4 rings (SSSR count). The number of nitrogens with zero attached hydrogens (tertiary/aromatic N) is 6. The van der Waals surface area contributed by atoms with Crippen LogP contribution in [0.1, 0.15) is 6.42 Å². The zero-order chi connectivity index (χ0) is 21.6. The van der Waals surface area contributed by atoms with Gasteiger partial charge in [0, 0.05) is 57.3 Å². The second kappa shape index (κ2) is 10.1. The van der Waals surface area contributed by atoms with Crippen molar-refractivity contribution in [2.75, 3.05) is 44.2 Å². The Hall–Kier alpha value is -2.68. The molecule has 1 saturated heterocycles. The van der Waals surface area contributed by atoms with Gasteiger partial charge >= 0.3 is 0 Å². The molecule has 0 spiro atoms. The molecule has 0 aliphatic carbocycles. The van der Waals surface area contributed by atoms with Crippen LogP contribution in [-0.2, 0) is 0 Å². The Kier molecular flexibility index (Phi) is 7.01. The van der Waals surface area contributed by atoms with Crippen molar-refractivity contribution in [2.45, 2.75) is 6.42 Å². The molecule has 31 heavy (non-hydrogen) atoms. The molecule has 0 unspecified atom stereocenters. The van der Waals surface area contributed by atoms with Gasteiger partial charge in [0.1, 0.15) is 0 Å². The Morgan fingerprint density at radius 1 is 0.968 bits per heavy atom. The molecule has 0 saturated carbocycles. The van der Waals surface area contributed by atoms with E-state index < -0.39 is 0 Å². The summed E-state index contributed by atoms with van der Waals surface area (Å²) in [4.78, 5) is 25.4. The highest BCUT2D eigenvalue weighted by atomic mass is 35.5. The predicted octanol–water partition coefficient (Wildman–Crippen LogP) is 2.92. The summed E-state index contributed by atoms with van der Waals surface area (Å²) in [5.41, 5.74) is 0.260. The molecule has 3 aromatic rings. The van der Waals surface area contributed by atoms with E-state index in [1.165, 1.54) is 10.7 Å². The molecule has 2 aromatic heterocycles. The van der Waals surface area contributed by atoms with Gasteiger partial charge in [0.2, 0.25) is 11.8 Å². The van der Waals surface area contributed by atoms with Crippen molar-refractivity contribution >= 4 is 29.2 Å². The van der Waals surface area contributed by atoms with Crippen molar-refractivity contribution in [3.63, 3.8) is 0 Å². The van der Waals surface area contributed by atoms with E-state index in [1.807, 2.05) is 6.07 Å². The van der Waals surface area contributed by atoms with E-state index in [0.29, 0.717) is 28.2 Å². The Morgan fingerprint density at radius 2 is 1.74 bits per heavy atom. The van der Waals surface area contributed by atoms with Gasteiger partial charge in [-0.3, -0.25) is 9.69 Å². The number of hydrogen-bond acceptors (Lipinski definition) is 7. The Morgan fingerprint density at radius 3 is 2.48 bits per heavy atom. The SMILES string of the molecule is O=c1ccc(OCCCN2CCN(c3ncccn3)CC2)nn1-c1ccc(Cl)c(Cl)c1. The smallest absolute Gasteiger partial charge is 0.271 e. The summed E-state index contributed by atoms with van der Waals surface area (Å²) in [6, 6.07) is 9.75. The van der Waals surface area contributed by atoms with Gasteiger partial charge in [-0.05, 0) is 30.7 Å². The Labute approximate surface area is 190 Å². The summed E-state index contributed by atoms with van der Waals surface area (Å²) >= 11 is 12.0. The summed E-state index contributed by atoms with van der Waals surface area (Å²) in [6.45, 7) is 5.16. The average Bonchev–Trinajstić information content (AvgIpc) is 2.80. The fourth-order valence-corrected chi connectivity index (χ4v) is 3.66. The van der Waals surface area contributed by atoms with Crippen LogP contribution >= 0.6 is 23.2 Å². The van der Waals surface area contributed by atoms with Crippen molar-refractivity contribution in [3.8, 4) is 11.6 Å². The van der Waals surface area contributed by atoms with Gasteiger partial charge in [-0.25, -0.2) is 9.97 Å². The lowest BCUT2D eigenvalue weighted by Crippen LogP contribution is -2.47. The predicted molar refractivity (Wildman–Crippen MR) is 121 cm³/mol. The molecule has 0 bridgehead atoms. The molecule has 10 heteroatoms. The summed E-state index contributed by atoms with van der Waals surface area (Å²) in [5.74, 6) is 1.17. The fraction of sp³-hybridized carbons (Fsp3) is 0.333. The van der Waals surface area contributed by atoms with E-state index in [2.05, 4.69) is 24.9 Å². The topological polar surface area (TPSA) is 76.4 Å². The van der Waals surface area contributed by atoms with Crippen LogP contribution in [0.3, 0.4) is 0 Å². The van der Waals surface area contributed by atoms with Crippen molar-refractivity contribution < 1.29 is 4.74 Å². The molecule has 0 N–H and O–H groups in total. The maximum atomic E-state index is 12.2. The molecule has 1 fully saturated rings. The van der Waals surface area contributed by atoms with E-state index in [9.17, 15) is 4.79 Å². The van der Waals surface area contributed by atoms with Crippen molar-refractivity contribution in [1.29, 1.82) is 0 Å². The lowest BCUT2D eigenvalue weighted by molar-refractivity contribution is 0.219. The quantitative estimate of drug-likeness (QED) is 0.501. The summed E-state index contributed by atoms with van der Waals surface area (Å²) in [5, 5.41) is 5.07. The first-order valence-electron chi connectivity index (χ1n) is 10.0.